The molecule has 2 N–H and O–H groups in total. The van der Waals surface area contributed by atoms with Crippen LogP contribution in [0.1, 0.15) is 34.6 Å². The molecule has 0 fully saturated rings. The summed E-state index contributed by atoms with van der Waals surface area (Å²) in [7, 11) is 0. The molecule has 0 radical (unpaired) electrons. The molecule has 0 aliphatic carbocycles. The first-order valence-electron chi connectivity index (χ1n) is 4.27. The first-order chi connectivity index (χ1) is 5.72. The molecule has 1 atom stereocenters. The summed E-state index contributed by atoms with van der Waals surface area (Å²) >= 11 is 0. The largest absolute Gasteiger partial charge is 0.444 e. The molecule has 0 spiro atoms. The highest BCUT2D eigenvalue weighted by Crippen LogP contribution is 2.06. The number of nitrogens with one attached hydrogen (secondary N) is 2. The third-order valence-electron chi connectivity index (χ3n) is 1.38. The molecule has 0 saturated carbocycles. The van der Waals surface area contributed by atoms with E-state index in [1.54, 1.807) is 34.6 Å². The Kier molecular flexibility index (Phi) is 3.91. The Labute approximate surface area is 79.2 Å². The Morgan fingerprint density at radius 1 is 1.46 bits per heavy atom. The van der Waals surface area contributed by atoms with E-state index < -0.39 is 11.7 Å². The molecule has 0 aliphatic heterocycles. The number of rotatable bonds is 2. The number of amides is 1. The zero-order chi connectivity index (χ0) is 10.6. The maximum absolute atomic E-state index is 11.1. The first-order valence-corrected chi connectivity index (χ1v) is 4.27. The van der Waals surface area contributed by atoms with Gasteiger partial charge in [-0.05, 0) is 34.6 Å². The summed E-state index contributed by atoms with van der Waals surface area (Å²) < 4.78 is 5.01. The van der Waals surface area contributed by atoms with E-state index in [2.05, 4.69) is 5.32 Å². The highest BCUT2D eigenvalue weighted by atomic mass is 16.6. The van der Waals surface area contributed by atoms with E-state index in [0.29, 0.717) is 5.71 Å². The Morgan fingerprint density at radius 2 is 1.92 bits per heavy atom. The van der Waals surface area contributed by atoms with E-state index in [1.165, 1.54) is 0 Å². The molecule has 76 valence electrons. The molecule has 0 saturated heterocycles. The molecule has 0 aromatic rings. The van der Waals surface area contributed by atoms with Gasteiger partial charge >= 0.3 is 6.09 Å². The smallest absolute Gasteiger partial charge is 0.408 e. The van der Waals surface area contributed by atoms with Crippen LogP contribution in [0.5, 0.6) is 0 Å². The predicted octanol–water partition coefficient (Wildman–Crippen LogP) is 1.94. The predicted molar refractivity (Wildman–Crippen MR) is 52.2 cm³/mol. The van der Waals surface area contributed by atoms with Crippen molar-refractivity contribution in [3.63, 3.8) is 0 Å². The molecule has 0 aliphatic rings. The van der Waals surface area contributed by atoms with Crippen molar-refractivity contribution < 1.29 is 9.53 Å². The normalized spacial score (nSPS) is 13.3. The van der Waals surface area contributed by atoms with Crippen LogP contribution in [0.25, 0.3) is 0 Å². The molecule has 0 heterocycles. The van der Waals surface area contributed by atoms with Crippen LogP contribution in [-0.2, 0) is 4.74 Å². The van der Waals surface area contributed by atoms with Crippen molar-refractivity contribution in [1.82, 2.24) is 5.32 Å². The molecule has 1 amide bonds. The van der Waals surface area contributed by atoms with E-state index in [1.807, 2.05) is 0 Å². The molecule has 4 nitrogen and oxygen atoms in total. The third kappa shape index (κ3) is 6.13. The van der Waals surface area contributed by atoms with Gasteiger partial charge in [-0.1, -0.05) is 0 Å². The fourth-order valence-corrected chi connectivity index (χ4v) is 0.593. The number of hydrogen-bond donors (Lipinski definition) is 2. The second kappa shape index (κ2) is 4.25. The molecule has 4 heteroatoms. The maximum atomic E-state index is 11.1. The van der Waals surface area contributed by atoms with Gasteiger partial charge in [0.15, 0.2) is 0 Å². The van der Waals surface area contributed by atoms with Gasteiger partial charge in [-0.25, -0.2) is 4.79 Å². The molecular weight excluding hydrogens is 168 g/mol. The van der Waals surface area contributed by atoms with Crippen LogP contribution in [0.4, 0.5) is 4.79 Å². The van der Waals surface area contributed by atoms with E-state index in [0.717, 1.165) is 0 Å². The van der Waals surface area contributed by atoms with E-state index >= 15 is 0 Å². The zero-order valence-corrected chi connectivity index (χ0v) is 8.89. The lowest BCUT2D eigenvalue weighted by atomic mass is 10.2. The molecule has 0 rings (SSSR count). The van der Waals surface area contributed by atoms with Crippen molar-refractivity contribution in [2.75, 3.05) is 0 Å². The SMILES string of the molecule is CC(=N)[C@H](C)NC(=O)OC(C)(C)C. The molecule has 0 aromatic carbocycles. The van der Waals surface area contributed by atoms with E-state index in [-0.39, 0.29) is 6.04 Å². The Morgan fingerprint density at radius 3 is 2.23 bits per heavy atom. The molecule has 0 bridgehead atoms. The quantitative estimate of drug-likeness (QED) is 0.647. The number of carbonyl (C=O) groups excluding carboxylic acids is 1. The number of hydrogen-bond acceptors (Lipinski definition) is 3. The zero-order valence-electron chi connectivity index (χ0n) is 8.89. The minimum Gasteiger partial charge on any atom is -0.444 e. The summed E-state index contributed by atoms with van der Waals surface area (Å²) in [5, 5.41) is 9.80. The van der Waals surface area contributed by atoms with Crippen LogP contribution in [0.2, 0.25) is 0 Å². The lowest BCUT2D eigenvalue weighted by Crippen LogP contribution is -2.40. The average Bonchev–Trinajstić information content (AvgIpc) is 1.81. The van der Waals surface area contributed by atoms with Crippen LogP contribution < -0.4 is 5.32 Å². The van der Waals surface area contributed by atoms with Gasteiger partial charge in [0.25, 0.3) is 0 Å². The average molecular weight is 186 g/mol. The van der Waals surface area contributed by atoms with Gasteiger partial charge in [-0.3, -0.25) is 0 Å². The van der Waals surface area contributed by atoms with Gasteiger partial charge in [-0.2, -0.15) is 0 Å². The fraction of sp³-hybridized carbons (Fsp3) is 0.778. The minimum atomic E-state index is -0.486. The van der Waals surface area contributed by atoms with Crippen molar-refractivity contribution in [1.29, 1.82) is 5.41 Å². The topological polar surface area (TPSA) is 62.2 Å². The summed E-state index contributed by atoms with van der Waals surface area (Å²) in [4.78, 5) is 11.1. The summed E-state index contributed by atoms with van der Waals surface area (Å²) in [6, 6.07) is -0.269. The van der Waals surface area contributed by atoms with Crippen LogP contribution in [0.3, 0.4) is 0 Å². The van der Waals surface area contributed by atoms with Gasteiger partial charge in [0.1, 0.15) is 5.60 Å². The third-order valence-corrected chi connectivity index (χ3v) is 1.38. The van der Waals surface area contributed by atoms with Crippen molar-refractivity contribution in [3.05, 3.63) is 0 Å². The minimum absolute atomic E-state index is 0.269. The highest BCUT2D eigenvalue weighted by Gasteiger charge is 2.17. The van der Waals surface area contributed by atoms with Crippen LogP contribution in [0.15, 0.2) is 0 Å². The number of carbonyl (C=O) groups is 1. The molecule has 0 unspecified atom stereocenters. The highest BCUT2D eigenvalue weighted by molar-refractivity contribution is 5.87. The molecular formula is C9H18N2O2. The monoisotopic (exact) mass is 186 g/mol. The summed E-state index contributed by atoms with van der Waals surface area (Å²) in [5.74, 6) is 0. The van der Waals surface area contributed by atoms with Crippen LogP contribution >= 0.6 is 0 Å². The van der Waals surface area contributed by atoms with Crippen molar-refractivity contribution in [3.8, 4) is 0 Å². The molecule has 0 aromatic heterocycles. The lowest BCUT2D eigenvalue weighted by Gasteiger charge is -2.21. The number of ether oxygens (including phenoxy) is 1. The van der Waals surface area contributed by atoms with Gasteiger partial charge < -0.3 is 15.5 Å². The van der Waals surface area contributed by atoms with Gasteiger partial charge in [0.2, 0.25) is 0 Å². The Hall–Kier alpha value is -1.06. The summed E-state index contributed by atoms with van der Waals surface area (Å²) in [5.41, 5.74) is -0.0782. The standard InChI is InChI=1S/C9H18N2O2/c1-6(10)7(2)11-8(12)13-9(3,4)5/h7,10H,1-5H3,(H,11,12)/t7-/m0/s1. The second-order valence-electron chi connectivity index (χ2n) is 4.05. The van der Waals surface area contributed by atoms with Crippen molar-refractivity contribution in [2.24, 2.45) is 0 Å². The van der Waals surface area contributed by atoms with E-state index in [9.17, 15) is 4.79 Å². The van der Waals surface area contributed by atoms with Crippen molar-refractivity contribution in [2.45, 2.75) is 46.3 Å². The van der Waals surface area contributed by atoms with Crippen LogP contribution in [0, 0.1) is 5.41 Å². The maximum Gasteiger partial charge on any atom is 0.408 e. The summed E-state index contributed by atoms with van der Waals surface area (Å²) in [6.07, 6.45) is -0.480. The van der Waals surface area contributed by atoms with Crippen molar-refractivity contribution >= 4 is 11.8 Å². The summed E-state index contributed by atoms with van der Waals surface area (Å²) in [6.45, 7) is 8.78. The lowest BCUT2D eigenvalue weighted by molar-refractivity contribution is 0.0521. The number of alkyl carbamates (subject to hydrolysis) is 1. The molecule has 13 heavy (non-hydrogen) atoms. The van der Waals surface area contributed by atoms with Crippen LogP contribution in [-0.4, -0.2) is 23.4 Å². The van der Waals surface area contributed by atoms with Gasteiger partial charge in [0, 0.05) is 5.71 Å². The van der Waals surface area contributed by atoms with Gasteiger partial charge in [-0.15, -0.1) is 0 Å². The first kappa shape index (κ1) is 11.9. The Bertz CT molecular complexity index is 206. The second-order valence-corrected chi connectivity index (χ2v) is 4.05. The Balaban J connectivity index is 3.96. The fourth-order valence-electron chi connectivity index (χ4n) is 0.593. The van der Waals surface area contributed by atoms with E-state index in [4.69, 9.17) is 10.1 Å². The van der Waals surface area contributed by atoms with Gasteiger partial charge in [0.05, 0.1) is 6.04 Å².